The van der Waals surface area contributed by atoms with E-state index < -0.39 is 0 Å². The third-order valence-electron chi connectivity index (χ3n) is 2.87. The van der Waals surface area contributed by atoms with Crippen molar-refractivity contribution < 1.29 is 0 Å². The van der Waals surface area contributed by atoms with Crippen molar-refractivity contribution in [2.24, 2.45) is 0 Å². The van der Waals surface area contributed by atoms with E-state index in [0.29, 0.717) is 0 Å². The van der Waals surface area contributed by atoms with Crippen molar-refractivity contribution in [3.05, 3.63) is 41.0 Å². The molecule has 0 atom stereocenters. The minimum atomic E-state index is 1.02. The van der Waals surface area contributed by atoms with Gasteiger partial charge in [-0.1, -0.05) is 24.3 Å². The second-order valence-corrected chi connectivity index (χ2v) is 3.95. The van der Waals surface area contributed by atoms with E-state index in [1.165, 1.54) is 22.3 Å². The van der Waals surface area contributed by atoms with Crippen LogP contribution in [-0.4, -0.2) is 13.1 Å². The molecule has 0 bridgehead atoms. The topological polar surface area (TPSA) is 12.0 Å². The normalized spacial score (nSPS) is 16.6. The van der Waals surface area contributed by atoms with Crippen LogP contribution in [0.5, 0.6) is 0 Å². The van der Waals surface area contributed by atoms with E-state index in [1.54, 1.807) is 0 Å². The van der Waals surface area contributed by atoms with Gasteiger partial charge in [-0.25, -0.2) is 0 Å². The van der Waals surface area contributed by atoms with Gasteiger partial charge in [-0.3, -0.25) is 0 Å². The zero-order valence-electron chi connectivity index (χ0n) is 8.93. The number of hydrogen-bond acceptors (Lipinski definition) is 1. The third-order valence-corrected chi connectivity index (χ3v) is 2.87. The van der Waals surface area contributed by atoms with E-state index in [4.69, 9.17) is 0 Å². The van der Waals surface area contributed by atoms with Crippen LogP contribution in [0.15, 0.2) is 24.3 Å². The highest BCUT2D eigenvalue weighted by Crippen LogP contribution is 2.26. The molecular weight excluding hydrogens is 170 g/mol. The van der Waals surface area contributed by atoms with Crippen LogP contribution in [0, 0.1) is 13.8 Å². The molecule has 0 amide bonds. The van der Waals surface area contributed by atoms with Crippen molar-refractivity contribution in [3.63, 3.8) is 0 Å². The number of rotatable bonds is 1. The van der Waals surface area contributed by atoms with Gasteiger partial charge in [0, 0.05) is 6.54 Å². The third kappa shape index (κ3) is 1.73. The molecule has 0 radical (unpaired) electrons. The Morgan fingerprint density at radius 3 is 2.43 bits per heavy atom. The van der Waals surface area contributed by atoms with E-state index in [-0.39, 0.29) is 0 Å². The molecule has 2 rings (SSSR count). The van der Waals surface area contributed by atoms with Crippen molar-refractivity contribution in [1.82, 2.24) is 5.32 Å². The molecule has 0 aliphatic carbocycles. The molecule has 1 nitrogen and oxygen atoms in total. The summed E-state index contributed by atoms with van der Waals surface area (Å²) >= 11 is 0. The minimum Gasteiger partial charge on any atom is -0.313 e. The first-order valence-electron chi connectivity index (χ1n) is 5.25. The smallest absolute Gasteiger partial charge is 0.0140 e. The number of benzene rings is 1. The highest BCUT2D eigenvalue weighted by Gasteiger charge is 2.09. The predicted octanol–water partition coefficient (Wildman–Crippen LogP) is 2.68. The van der Waals surface area contributed by atoms with Crippen LogP contribution in [0.4, 0.5) is 0 Å². The fraction of sp³-hybridized carbons (Fsp3) is 0.385. The van der Waals surface area contributed by atoms with Gasteiger partial charge < -0.3 is 5.32 Å². The van der Waals surface area contributed by atoms with E-state index >= 15 is 0 Å². The molecule has 0 spiro atoms. The zero-order valence-corrected chi connectivity index (χ0v) is 8.93. The summed E-state index contributed by atoms with van der Waals surface area (Å²) in [5.41, 5.74) is 5.78. The number of nitrogens with one attached hydrogen (secondary N) is 1. The molecule has 0 saturated heterocycles. The molecule has 1 aliphatic heterocycles. The Balaban J connectivity index is 2.44. The average Bonchev–Trinajstić information content (AvgIpc) is 2.19. The van der Waals surface area contributed by atoms with Crippen molar-refractivity contribution in [3.8, 4) is 0 Å². The summed E-state index contributed by atoms with van der Waals surface area (Å²) in [6.07, 6.45) is 3.48. The highest BCUT2D eigenvalue weighted by atomic mass is 14.8. The van der Waals surface area contributed by atoms with Gasteiger partial charge in [0.25, 0.3) is 0 Å². The van der Waals surface area contributed by atoms with Gasteiger partial charge in [-0.05, 0) is 49.1 Å². The fourth-order valence-electron chi connectivity index (χ4n) is 2.17. The Hall–Kier alpha value is -1.08. The monoisotopic (exact) mass is 187 g/mol. The maximum atomic E-state index is 3.35. The summed E-state index contributed by atoms with van der Waals surface area (Å²) in [5, 5.41) is 3.35. The van der Waals surface area contributed by atoms with E-state index in [9.17, 15) is 0 Å². The molecule has 1 heterocycles. The molecule has 1 aromatic carbocycles. The lowest BCUT2D eigenvalue weighted by Gasteiger charge is -2.18. The summed E-state index contributed by atoms with van der Waals surface area (Å²) in [4.78, 5) is 0. The second-order valence-electron chi connectivity index (χ2n) is 3.95. The number of aryl methyl sites for hydroxylation is 2. The van der Waals surface area contributed by atoms with Crippen LogP contribution >= 0.6 is 0 Å². The van der Waals surface area contributed by atoms with Gasteiger partial charge in [0.15, 0.2) is 0 Å². The Labute approximate surface area is 85.8 Å². The Morgan fingerprint density at radius 1 is 1.14 bits per heavy atom. The largest absolute Gasteiger partial charge is 0.313 e. The van der Waals surface area contributed by atoms with E-state index in [2.05, 4.69) is 43.4 Å². The van der Waals surface area contributed by atoms with Gasteiger partial charge in [0.05, 0.1) is 0 Å². The highest BCUT2D eigenvalue weighted by molar-refractivity contribution is 5.71. The van der Waals surface area contributed by atoms with E-state index in [1.807, 2.05) is 0 Å². The standard InChI is InChI=1S/C13H17N/c1-10-4-3-5-11(2)13(10)12-6-8-14-9-7-12/h3-6,14H,7-9H2,1-2H3. The molecule has 1 N–H and O–H groups in total. The van der Waals surface area contributed by atoms with Crippen LogP contribution in [0.2, 0.25) is 0 Å². The lowest BCUT2D eigenvalue weighted by molar-refractivity contribution is 0.738. The summed E-state index contributed by atoms with van der Waals surface area (Å²) in [6, 6.07) is 6.53. The van der Waals surface area contributed by atoms with Crippen LogP contribution in [0.1, 0.15) is 23.1 Å². The zero-order chi connectivity index (χ0) is 9.97. The molecular formula is C13H17N. The Bertz CT molecular complexity index is 343. The maximum Gasteiger partial charge on any atom is 0.0140 e. The first kappa shape index (κ1) is 9.47. The fourth-order valence-corrected chi connectivity index (χ4v) is 2.17. The van der Waals surface area contributed by atoms with Crippen LogP contribution in [0.25, 0.3) is 5.57 Å². The van der Waals surface area contributed by atoms with Gasteiger partial charge in [-0.2, -0.15) is 0 Å². The van der Waals surface area contributed by atoms with Gasteiger partial charge in [0.2, 0.25) is 0 Å². The number of hydrogen-bond donors (Lipinski definition) is 1. The Morgan fingerprint density at radius 2 is 1.86 bits per heavy atom. The molecule has 14 heavy (non-hydrogen) atoms. The van der Waals surface area contributed by atoms with Gasteiger partial charge >= 0.3 is 0 Å². The predicted molar refractivity (Wildman–Crippen MR) is 61.4 cm³/mol. The molecule has 0 saturated carbocycles. The summed E-state index contributed by atoms with van der Waals surface area (Å²) in [5.74, 6) is 0. The lowest BCUT2D eigenvalue weighted by atomic mass is 9.92. The van der Waals surface area contributed by atoms with Crippen molar-refractivity contribution >= 4 is 5.57 Å². The maximum absolute atomic E-state index is 3.35. The van der Waals surface area contributed by atoms with Crippen molar-refractivity contribution in [1.29, 1.82) is 0 Å². The Kier molecular flexibility index (Phi) is 2.69. The molecule has 1 heteroatoms. The summed E-state index contributed by atoms with van der Waals surface area (Å²) in [6.45, 7) is 6.53. The van der Waals surface area contributed by atoms with E-state index in [0.717, 1.165) is 19.5 Å². The molecule has 1 aromatic rings. The molecule has 0 unspecified atom stereocenters. The summed E-state index contributed by atoms with van der Waals surface area (Å²) in [7, 11) is 0. The van der Waals surface area contributed by atoms with Crippen LogP contribution < -0.4 is 5.32 Å². The lowest BCUT2D eigenvalue weighted by Crippen LogP contribution is -2.20. The van der Waals surface area contributed by atoms with Gasteiger partial charge in [0.1, 0.15) is 0 Å². The molecule has 1 aliphatic rings. The van der Waals surface area contributed by atoms with Crippen LogP contribution in [-0.2, 0) is 0 Å². The van der Waals surface area contributed by atoms with Crippen molar-refractivity contribution in [2.45, 2.75) is 20.3 Å². The minimum absolute atomic E-state index is 1.02. The quantitative estimate of drug-likeness (QED) is 0.712. The molecule has 74 valence electrons. The molecule has 0 fully saturated rings. The van der Waals surface area contributed by atoms with Crippen molar-refractivity contribution in [2.75, 3.05) is 13.1 Å². The first-order valence-corrected chi connectivity index (χ1v) is 5.25. The second kappa shape index (κ2) is 3.97. The summed E-state index contributed by atoms with van der Waals surface area (Å²) < 4.78 is 0. The SMILES string of the molecule is Cc1cccc(C)c1C1=CCNCC1. The first-order chi connectivity index (χ1) is 6.79. The average molecular weight is 187 g/mol. The molecule has 0 aromatic heterocycles. The van der Waals surface area contributed by atoms with Crippen LogP contribution in [0.3, 0.4) is 0 Å². The van der Waals surface area contributed by atoms with Gasteiger partial charge in [-0.15, -0.1) is 0 Å².